The molecule has 1 saturated carbocycles. The van der Waals surface area contributed by atoms with E-state index in [0.717, 1.165) is 56.8 Å². The van der Waals surface area contributed by atoms with E-state index in [4.69, 9.17) is 4.74 Å². The van der Waals surface area contributed by atoms with Crippen molar-refractivity contribution in [2.45, 2.75) is 31.7 Å². The molecule has 1 amide bonds. The van der Waals surface area contributed by atoms with Crippen molar-refractivity contribution in [3.63, 3.8) is 0 Å². The summed E-state index contributed by atoms with van der Waals surface area (Å²) in [4.78, 5) is 25.7. The summed E-state index contributed by atoms with van der Waals surface area (Å²) >= 11 is 0. The maximum atomic E-state index is 12.8. The van der Waals surface area contributed by atoms with Crippen LogP contribution in [0.2, 0.25) is 0 Å². The van der Waals surface area contributed by atoms with Gasteiger partial charge in [-0.2, -0.15) is 0 Å². The summed E-state index contributed by atoms with van der Waals surface area (Å²) in [5.74, 6) is 1.99. The molecular formula is C21H26N4O3. The Morgan fingerprint density at radius 1 is 1.18 bits per heavy atom. The van der Waals surface area contributed by atoms with Gasteiger partial charge in [0.25, 0.3) is 5.91 Å². The van der Waals surface area contributed by atoms with Crippen molar-refractivity contribution in [1.82, 2.24) is 19.8 Å². The van der Waals surface area contributed by atoms with Crippen LogP contribution in [0.5, 0.6) is 11.5 Å². The fourth-order valence-electron chi connectivity index (χ4n) is 3.61. The van der Waals surface area contributed by atoms with E-state index in [9.17, 15) is 9.90 Å². The quantitative estimate of drug-likeness (QED) is 0.856. The molecule has 7 nitrogen and oxygen atoms in total. The summed E-state index contributed by atoms with van der Waals surface area (Å²) in [5, 5.41) is 9.97. The molecule has 7 heteroatoms. The van der Waals surface area contributed by atoms with Crippen molar-refractivity contribution in [3.8, 4) is 11.5 Å². The molecule has 1 aliphatic heterocycles. The minimum Gasteiger partial charge on any atom is -0.504 e. The highest BCUT2D eigenvalue weighted by Gasteiger charge is 2.27. The Bertz CT molecular complexity index is 836. The van der Waals surface area contributed by atoms with Crippen LogP contribution in [0.4, 0.5) is 0 Å². The Hall–Kier alpha value is -2.67. The van der Waals surface area contributed by atoms with Gasteiger partial charge in [0, 0.05) is 51.0 Å². The number of hydrogen-bond acceptors (Lipinski definition) is 6. The number of aromatic nitrogens is 2. The average Bonchev–Trinajstić information content (AvgIpc) is 3.56. The van der Waals surface area contributed by atoms with Gasteiger partial charge in [-0.3, -0.25) is 9.69 Å². The third kappa shape index (κ3) is 4.25. The van der Waals surface area contributed by atoms with E-state index in [1.807, 2.05) is 11.0 Å². The summed E-state index contributed by atoms with van der Waals surface area (Å²) in [6.07, 6.45) is 6.56. The maximum Gasteiger partial charge on any atom is 0.257 e. The number of phenols is 1. The summed E-state index contributed by atoms with van der Waals surface area (Å²) in [5.41, 5.74) is 1.60. The molecule has 28 heavy (non-hydrogen) atoms. The molecule has 2 heterocycles. The van der Waals surface area contributed by atoms with Crippen molar-refractivity contribution in [2.75, 3.05) is 33.3 Å². The Morgan fingerprint density at radius 3 is 2.64 bits per heavy atom. The van der Waals surface area contributed by atoms with Gasteiger partial charge in [0.05, 0.1) is 12.7 Å². The number of benzene rings is 1. The van der Waals surface area contributed by atoms with Gasteiger partial charge in [-0.15, -0.1) is 0 Å². The van der Waals surface area contributed by atoms with Crippen LogP contribution in [0.1, 0.15) is 46.9 Å². The molecule has 2 fully saturated rings. The van der Waals surface area contributed by atoms with E-state index < -0.39 is 0 Å². The molecule has 4 rings (SSSR count). The maximum absolute atomic E-state index is 12.8. The molecule has 2 aliphatic rings. The van der Waals surface area contributed by atoms with Gasteiger partial charge in [0.2, 0.25) is 0 Å². The molecule has 0 bridgehead atoms. The van der Waals surface area contributed by atoms with Crippen LogP contribution in [-0.4, -0.2) is 64.1 Å². The van der Waals surface area contributed by atoms with Gasteiger partial charge in [-0.05, 0) is 37.0 Å². The zero-order valence-corrected chi connectivity index (χ0v) is 16.2. The predicted octanol–water partition coefficient (Wildman–Crippen LogP) is 2.42. The van der Waals surface area contributed by atoms with Gasteiger partial charge in [0.15, 0.2) is 11.5 Å². The molecule has 1 aliphatic carbocycles. The van der Waals surface area contributed by atoms with Gasteiger partial charge in [-0.1, -0.05) is 6.07 Å². The molecule has 0 radical (unpaired) electrons. The third-order valence-electron chi connectivity index (χ3n) is 5.39. The summed E-state index contributed by atoms with van der Waals surface area (Å²) in [6.45, 7) is 3.84. The second-order valence-corrected chi connectivity index (χ2v) is 7.53. The topological polar surface area (TPSA) is 78.8 Å². The highest BCUT2D eigenvalue weighted by molar-refractivity contribution is 5.93. The zero-order chi connectivity index (χ0) is 19.5. The standard InChI is InChI=1S/C21H26N4O3/c1-28-19-6-3-15(11-18(19)26)14-24-7-2-8-25(10-9-24)21(27)17-12-22-20(23-13-17)16-4-5-16/h3,6,11-13,16,26H,2,4-5,7-10,14H2,1H3. The number of hydrogen-bond donors (Lipinski definition) is 1. The first-order valence-corrected chi connectivity index (χ1v) is 9.83. The minimum atomic E-state index is 0.00582. The lowest BCUT2D eigenvalue weighted by Gasteiger charge is -2.22. The molecule has 1 aromatic heterocycles. The highest BCUT2D eigenvalue weighted by atomic mass is 16.5. The Kier molecular flexibility index (Phi) is 5.43. The summed E-state index contributed by atoms with van der Waals surface area (Å²) < 4.78 is 5.10. The van der Waals surface area contributed by atoms with Crippen LogP contribution in [0.25, 0.3) is 0 Å². The Morgan fingerprint density at radius 2 is 1.96 bits per heavy atom. The van der Waals surface area contributed by atoms with Crippen LogP contribution in [-0.2, 0) is 6.54 Å². The minimum absolute atomic E-state index is 0.00582. The predicted molar refractivity (Wildman–Crippen MR) is 104 cm³/mol. The number of carbonyl (C=O) groups is 1. The lowest BCUT2D eigenvalue weighted by atomic mass is 10.2. The average molecular weight is 382 g/mol. The largest absolute Gasteiger partial charge is 0.504 e. The Labute approximate surface area is 165 Å². The first-order chi connectivity index (χ1) is 13.6. The first-order valence-electron chi connectivity index (χ1n) is 9.83. The van der Waals surface area contributed by atoms with Crippen LogP contribution in [0.3, 0.4) is 0 Å². The van der Waals surface area contributed by atoms with E-state index in [1.54, 1.807) is 31.6 Å². The normalized spacial score (nSPS) is 18.0. The van der Waals surface area contributed by atoms with Crippen LogP contribution >= 0.6 is 0 Å². The van der Waals surface area contributed by atoms with Crippen LogP contribution in [0.15, 0.2) is 30.6 Å². The summed E-state index contributed by atoms with van der Waals surface area (Å²) in [6, 6.07) is 5.49. The molecule has 0 spiro atoms. The van der Waals surface area contributed by atoms with Crippen molar-refractivity contribution >= 4 is 5.91 Å². The van der Waals surface area contributed by atoms with Crippen molar-refractivity contribution in [1.29, 1.82) is 0 Å². The number of carbonyl (C=O) groups excluding carboxylic acids is 1. The van der Waals surface area contributed by atoms with Gasteiger partial charge in [-0.25, -0.2) is 9.97 Å². The molecule has 1 aromatic carbocycles. The lowest BCUT2D eigenvalue weighted by molar-refractivity contribution is 0.0760. The molecule has 2 aromatic rings. The number of aromatic hydroxyl groups is 1. The number of rotatable bonds is 5. The molecule has 1 N–H and O–H groups in total. The number of nitrogens with zero attached hydrogens (tertiary/aromatic N) is 4. The van der Waals surface area contributed by atoms with Crippen molar-refractivity contribution in [3.05, 3.63) is 47.5 Å². The van der Waals surface area contributed by atoms with Crippen molar-refractivity contribution in [2.24, 2.45) is 0 Å². The third-order valence-corrected chi connectivity index (χ3v) is 5.39. The van der Waals surface area contributed by atoms with E-state index in [-0.39, 0.29) is 11.7 Å². The van der Waals surface area contributed by atoms with E-state index in [0.29, 0.717) is 23.8 Å². The number of methoxy groups -OCH3 is 1. The number of ether oxygens (including phenoxy) is 1. The van der Waals surface area contributed by atoms with Crippen LogP contribution < -0.4 is 4.74 Å². The molecule has 0 unspecified atom stereocenters. The SMILES string of the molecule is COc1ccc(CN2CCCN(C(=O)c3cnc(C4CC4)nc3)CC2)cc1O. The smallest absolute Gasteiger partial charge is 0.257 e. The van der Waals surface area contributed by atoms with E-state index in [1.165, 1.54) is 0 Å². The molecule has 0 atom stereocenters. The number of amides is 1. The molecular weight excluding hydrogens is 356 g/mol. The highest BCUT2D eigenvalue weighted by Crippen LogP contribution is 2.37. The first kappa shape index (κ1) is 18.7. The van der Waals surface area contributed by atoms with Gasteiger partial charge < -0.3 is 14.7 Å². The van der Waals surface area contributed by atoms with E-state index >= 15 is 0 Å². The fraction of sp³-hybridized carbons (Fsp3) is 0.476. The monoisotopic (exact) mass is 382 g/mol. The molecule has 148 valence electrons. The zero-order valence-electron chi connectivity index (χ0n) is 16.2. The van der Waals surface area contributed by atoms with Gasteiger partial charge >= 0.3 is 0 Å². The molecule has 1 saturated heterocycles. The fourth-order valence-corrected chi connectivity index (χ4v) is 3.61. The van der Waals surface area contributed by atoms with Gasteiger partial charge in [0.1, 0.15) is 5.82 Å². The lowest BCUT2D eigenvalue weighted by Crippen LogP contribution is -2.35. The van der Waals surface area contributed by atoms with Crippen LogP contribution in [0, 0.1) is 0 Å². The second-order valence-electron chi connectivity index (χ2n) is 7.53. The second kappa shape index (κ2) is 8.14. The number of phenolic OH excluding ortho intramolecular Hbond substituents is 1. The van der Waals surface area contributed by atoms with Crippen molar-refractivity contribution < 1.29 is 14.6 Å². The summed E-state index contributed by atoms with van der Waals surface area (Å²) in [7, 11) is 1.54. The Balaban J connectivity index is 1.35. The van der Waals surface area contributed by atoms with E-state index in [2.05, 4.69) is 14.9 Å².